The van der Waals surface area contributed by atoms with Gasteiger partial charge in [-0.2, -0.15) is 8.42 Å². The number of nitrogens with zero attached hydrogens (tertiary/aromatic N) is 10. The zero-order chi connectivity index (χ0) is 49.7. The van der Waals surface area contributed by atoms with Gasteiger partial charge in [0.15, 0.2) is 0 Å². The standard InChI is InChI=1S/C25H31N5O3.C13H15N3O3.C12H19N3O3S.2H2/c1-17-26-8-7-19(29-17)13-18-3-5-21(6-4-18)33-23-15-20(30-9-11-32-12-10-30)14-22-24(23)25(31-2)28-16-27-22;1-18-13-12-10(14-8-15-13)6-9(7-11(12)17)16-2-4-19-5-3-16;1-9-13-8-7-12(14-9)15-10-3-5-11(6-4-10)18-19(2,16)17;;/h7-8,14-16,18,21H,3-6,9-13H2,1-2H3;6-8,17H,2-5H2,1H3;7-8,10-11H,3-6H2,1-2H3,(H,13,14,15);2*1H. The van der Waals surface area contributed by atoms with Crippen LogP contribution >= 0.6 is 0 Å². The summed E-state index contributed by atoms with van der Waals surface area (Å²) in [6.45, 7) is 10.0. The average molecular weight is 1000 g/mol. The number of phenols is 1. The zero-order valence-corrected chi connectivity index (χ0v) is 42.0. The van der Waals surface area contributed by atoms with Gasteiger partial charge in [-0.15, -0.1) is 0 Å². The highest BCUT2D eigenvalue weighted by molar-refractivity contribution is 7.86. The minimum absolute atomic E-state index is 0. The van der Waals surface area contributed by atoms with Gasteiger partial charge >= 0.3 is 0 Å². The van der Waals surface area contributed by atoms with Gasteiger partial charge < -0.3 is 43.9 Å². The van der Waals surface area contributed by atoms with Crippen LogP contribution < -0.4 is 29.3 Å². The summed E-state index contributed by atoms with van der Waals surface area (Å²) in [7, 11) is -0.181. The lowest BCUT2D eigenvalue weighted by atomic mass is 9.84. The first-order chi connectivity index (χ1) is 34.4. The van der Waals surface area contributed by atoms with Crippen molar-refractivity contribution in [3.8, 4) is 23.3 Å². The van der Waals surface area contributed by atoms with E-state index in [4.69, 9.17) is 27.9 Å². The summed E-state index contributed by atoms with van der Waals surface area (Å²) in [6, 6.07) is 12.1. The van der Waals surface area contributed by atoms with E-state index in [-0.39, 0.29) is 20.8 Å². The second-order valence-electron chi connectivity index (χ2n) is 18.1. The molecule has 2 aliphatic carbocycles. The smallest absolute Gasteiger partial charge is 0.264 e. The van der Waals surface area contributed by atoms with Crippen molar-refractivity contribution in [3.63, 3.8) is 0 Å². The average Bonchev–Trinajstić information content (AvgIpc) is 3.37. The van der Waals surface area contributed by atoms with E-state index in [2.05, 4.69) is 67.1 Å². The Hall–Kier alpha value is -6.29. The van der Waals surface area contributed by atoms with E-state index in [1.165, 1.54) is 13.4 Å². The molecule has 4 aliphatic rings. The van der Waals surface area contributed by atoms with Crippen LogP contribution in [0.2, 0.25) is 0 Å². The molecule has 20 nitrogen and oxygen atoms in total. The SMILES string of the molecule is COc1ncnc2cc(N3CCOCC3)cc(O)c12.COc1ncnc2cc(N3CCOCC3)cc(OC3CCC(Cc4ccnc(C)n4)CC3)c12.Cc1nccc(NC2CCC(OS(C)(=O)=O)CC2)n1.[HH].[HH]. The van der Waals surface area contributed by atoms with Crippen LogP contribution in [0.5, 0.6) is 23.3 Å². The first-order valence-corrected chi connectivity index (χ1v) is 26.1. The molecule has 0 atom stereocenters. The van der Waals surface area contributed by atoms with E-state index in [1.807, 2.05) is 38.2 Å². The number of hydrogen-bond donors (Lipinski definition) is 2. The monoisotopic (exact) mass is 1000 g/mol. The highest BCUT2D eigenvalue weighted by Crippen LogP contribution is 2.39. The van der Waals surface area contributed by atoms with Crippen LogP contribution in [0.4, 0.5) is 17.2 Å². The molecule has 21 heteroatoms. The van der Waals surface area contributed by atoms with E-state index in [0.29, 0.717) is 47.8 Å². The van der Waals surface area contributed by atoms with Crippen molar-refractivity contribution >= 4 is 49.1 Å². The van der Waals surface area contributed by atoms with Crippen LogP contribution in [0.1, 0.15) is 71.6 Å². The Kier molecular flexibility index (Phi) is 17.4. The molecule has 71 heavy (non-hydrogen) atoms. The number of nitrogens with one attached hydrogen (secondary N) is 1. The molecule has 2 aromatic carbocycles. The number of fused-ring (bicyclic) bond motifs is 2. The van der Waals surface area contributed by atoms with Crippen molar-refractivity contribution in [2.75, 3.05) is 88.2 Å². The maximum absolute atomic E-state index is 11.1. The van der Waals surface area contributed by atoms with Crippen LogP contribution in [0.15, 0.2) is 61.4 Å². The molecule has 0 radical (unpaired) electrons. The summed E-state index contributed by atoms with van der Waals surface area (Å²) in [4.78, 5) is 38.7. The maximum Gasteiger partial charge on any atom is 0.264 e. The summed E-state index contributed by atoms with van der Waals surface area (Å²) < 4.78 is 55.3. The molecule has 0 bridgehead atoms. The molecule has 6 aromatic rings. The summed E-state index contributed by atoms with van der Waals surface area (Å²) in [6.07, 6.45) is 16.2. The Morgan fingerprint density at radius 1 is 0.690 bits per heavy atom. The molecular weight excluding hydrogens is 931 g/mol. The summed E-state index contributed by atoms with van der Waals surface area (Å²) >= 11 is 0. The van der Waals surface area contributed by atoms with Crippen molar-refractivity contribution in [2.24, 2.45) is 5.92 Å². The predicted molar refractivity (Wildman–Crippen MR) is 273 cm³/mol. The molecule has 0 unspecified atom stereocenters. The molecule has 0 amide bonds. The van der Waals surface area contributed by atoms with Gasteiger partial charge in [0.2, 0.25) is 11.8 Å². The second kappa shape index (κ2) is 24.2. The Labute approximate surface area is 418 Å². The number of ether oxygens (including phenoxy) is 5. The highest BCUT2D eigenvalue weighted by Gasteiger charge is 2.27. The number of hydrogen-bond acceptors (Lipinski definition) is 20. The maximum atomic E-state index is 11.1. The third-order valence-corrected chi connectivity index (χ3v) is 13.6. The molecule has 384 valence electrons. The first-order valence-electron chi connectivity index (χ1n) is 24.3. The molecule has 4 aromatic heterocycles. The molecule has 10 rings (SSSR count). The number of methoxy groups -OCH3 is 2. The van der Waals surface area contributed by atoms with Gasteiger partial charge in [0, 0.05) is 76.7 Å². The summed E-state index contributed by atoms with van der Waals surface area (Å²) in [5.41, 5.74) is 4.70. The van der Waals surface area contributed by atoms with Gasteiger partial charge in [-0.05, 0) is 102 Å². The molecule has 2 saturated heterocycles. The van der Waals surface area contributed by atoms with Crippen molar-refractivity contribution < 1.29 is 44.2 Å². The lowest BCUT2D eigenvalue weighted by Gasteiger charge is -2.31. The first kappa shape index (κ1) is 51.1. The second-order valence-corrected chi connectivity index (χ2v) is 19.7. The van der Waals surface area contributed by atoms with Crippen molar-refractivity contribution in [1.82, 2.24) is 39.9 Å². The van der Waals surface area contributed by atoms with Crippen LogP contribution in [-0.2, 0) is 30.2 Å². The fraction of sp³-hybridized carbons (Fsp3) is 0.520. The van der Waals surface area contributed by atoms with Gasteiger partial charge in [-0.1, -0.05) is 0 Å². The number of aromatic nitrogens is 8. The number of anilines is 3. The van der Waals surface area contributed by atoms with E-state index in [9.17, 15) is 13.5 Å². The van der Waals surface area contributed by atoms with E-state index in [1.54, 1.807) is 25.7 Å². The molecule has 4 fully saturated rings. The fourth-order valence-electron chi connectivity index (χ4n) is 9.49. The number of rotatable bonds is 12. The molecule has 2 N–H and O–H groups in total. The molecule has 0 spiro atoms. The largest absolute Gasteiger partial charge is 0.507 e. The van der Waals surface area contributed by atoms with Crippen molar-refractivity contribution in [3.05, 3.63) is 78.8 Å². The summed E-state index contributed by atoms with van der Waals surface area (Å²) in [5.74, 6) is 4.91. The van der Waals surface area contributed by atoms with E-state index < -0.39 is 10.1 Å². The lowest BCUT2D eigenvalue weighted by molar-refractivity contribution is 0.122. The van der Waals surface area contributed by atoms with Gasteiger partial charge in [0.25, 0.3) is 10.1 Å². The van der Waals surface area contributed by atoms with E-state index >= 15 is 0 Å². The van der Waals surface area contributed by atoms with Gasteiger partial charge in [-0.25, -0.2) is 39.9 Å². The Morgan fingerprint density at radius 2 is 1.24 bits per heavy atom. The topological polar surface area (TPSA) is 231 Å². The Balaban J connectivity index is 0.000000188. The minimum atomic E-state index is -3.35. The van der Waals surface area contributed by atoms with Crippen molar-refractivity contribution in [2.45, 2.75) is 89.9 Å². The fourth-order valence-corrected chi connectivity index (χ4v) is 10.2. The van der Waals surface area contributed by atoms with Crippen LogP contribution in [0, 0.1) is 19.8 Å². The van der Waals surface area contributed by atoms with Gasteiger partial charge in [-0.3, -0.25) is 4.18 Å². The molecule has 2 aliphatic heterocycles. The zero-order valence-electron chi connectivity index (χ0n) is 41.2. The van der Waals surface area contributed by atoms with E-state index in [0.717, 1.165) is 155 Å². The number of phenolic OH excluding ortho intramolecular Hbond substituents is 1. The molecular formula is C50H69N11O9S. The third kappa shape index (κ3) is 14.2. The number of aromatic hydroxyl groups is 1. The quantitative estimate of drug-likeness (QED) is 0.119. The van der Waals surface area contributed by atoms with Crippen molar-refractivity contribution in [1.29, 1.82) is 0 Å². The number of benzene rings is 2. The van der Waals surface area contributed by atoms with Gasteiger partial charge in [0.1, 0.15) is 52.4 Å². The summed E-state index contributed by atoms with van der Waals surface area (Å²) in [5, 5.41) is 14.9. The molecule has 2 saturated carbocycles. The van der Waals surface area contributed by atoms with Crippen LogP contribution in [-0.4, -0.2) is 145 Å². The third-order valence-electron chi connectivity index (χ3n) is 13.0. The lowest BCUT2D eigenvalue weighted by Crippen LogP contribution is -2.36. The number of aryl methyl sites for hydroxylation is 2. The van der Waals surface area contributed by atoms with Crippen LogP contribution in [0.25, 0.3) is 21.8 Å². The Bertz CT molecular complexity index is 2810. The molecule has 6 heterocycles. The predicted octanol–water partition coefficient (Wildman–Crippen LogP) is 6.91. The number of morpholine rings is 2. The van der Waals surface area contributed by atoms with Crippen LogP contribution in [0.3, 0.4) is 0 Å². The highest BCUT2D eigenvalue weighted by atomic mass is 32.2. The minimum Gasteiger partial charge on any atom is -0.507 e. The van der Waals surface area contributed by atoms with Gasteiger partial charge in [0.05, 0.1) is 70.1 Å². The normalized spacial score (nSPS) is 20.5. The Morgan fingerprint density at radius 3 is 1.82 bits per heavy atom.